The van der Waals surface area contributed by atoms with Crippen molar-refractivity contribution in [1.82, 2.24) is 14.8 Å². The number of nitrogens with zero attached hydrogens (tertiary/aromatic N) is 4. The van der Waals surface area contributed by atoms with E-state index in [1.54, 1.807) is 28.2 Å². The average molecular weight is 381 g/mol. The molecule has 4 aromatic rings. The number of rotatable bonds is 3. The van der Waals surface area contributed by atoms with Crippen LogP contribution in [0.15, 0.2) is 79.4 Å². The molecule has 1 aliphatic heterocycles. The van der Waals surface area contributed by atoms with Crippen molar-refractivity contribution < 1.29 is 4.79 Å². The van der Waals surface area contributed by atoms with Crippen LogP contribution in [0.4, 0.5) is 17.1 Å². The molecule has 29 heavy (non-hydrogen) atoms. The monoisotopic (exact) mass is 381 g/mol. The number of nitrogens with one attached hydrogen (secondary N) is 1. The quantitative estimate of drug-likeness (QED) is 0.572. The van der Waals surface area contributed by atoms with E-state index in [1.807, 2.05) is 67.8 Å². The summed E-state index contributed by atoms with van der Waals surface area (Å²) in [6.07, 6.45) is 7.20. The molecule has 0 atom stereocenters. The first-order chi connectivity index (χ1) is 14.2. The van der Waals surface area contributed by atoms with Gasteiger partial charge in [0.15, 0.2) is 0 Å². The second-order valence-corrected chi connectivity index (χ2v) is 7.06. The maximum absolute atomic E-state index is 13.6. The van der Waals surface area contributed by atoms with Crippen molar-refractivity contribution in [3.63, 3.8) is 0 Å². The fourth-order valence-corrected chi connectivity index (χ4v) is 3.61. The van der Waals surface area contributed by atoms with E-state index in [9.17, 15) is 4.79 Å². The number of hydrogen-bond donors (Lipinski definition) is 1. The van der Waals surface area contributed by atoms with E-state index in [2.05, 4.69) is 15.4 Å². The SMILES string of the molecule is Cn1cc(-c2ccc3c(c2)C(=O)N(Cc2ccccc2)c2cnccc2N3)cn1. The van der Waals surface area contributed by atoms with Gasteiger partial charge in [-0.3, -0.25) is 14.5 Å². The van der Waals surface area contributed by atoms with Crippen LogP contribution in [0.2, 0.25) is 0 Å². The molecule has 2 aromatic heterocycles. The summed E-state index contributed by atoms with van der Waals surface area (Å²) < 4.78 is 1.75. The van der Waals surface area contributed by atoms with E-state index in [1.165, 1.54) is 0 Å². The Labute approximate surface area is 168 Å². The van der Waals surface area contributed by atoms with Gasteiger partial charge in [-0.05, 0) is 29.3 Å². The average Bonchev–Trinajstić information content (AvgIpc) is 3.15. The predicted molar refractivity (Wildman–Crippen MR) is 113 cm³/mol. The number of pyridine rings is 1. The largest absolute Gasteiger partial charge is 0.353 e. The molecule has 6 nitrogen and oxygen atoms in total. The molecule has 0 fully saturated rings. The summed E-state index contributed by atoms with van der Waals surface area (Å²) in [7, 11) is 1.88. The Balaban J connectivity index is 1.62. The topological polar surface area (TPSA) is 63.1 Å². The summed E-state index contributed by atoms with van der Waals surface area (Å²) in [4.78, 5) is 19.7. The summed E-state index contributed by atoms with van der Waals surface area (Å²) >= 11 is 0. The number of benzene rings is 2. The van der Waals surface area contributed by atoms with Crippen LogP contribution in [0, 0.1) is 0 Å². The molecule has 0 bridgehead atoms. The number of hydrogen-bond acceptors (Lipinski definition) is 4. The van der Waals surface area contributed by atoms with Crippen LogP contribution in [-0.2, 0) is 13.6 Å². The van der Waals surface area contributed by atoms with Crippen LogP contribution in [0.3, 0.4) is 0 Å². The summed E-state index contributed by atoms with van der Waals surface area (Å²) in [5.41, 5.74) is 6.01. The fourth-order valence-electron chi connectivity index (χ4n) is 3.61. The number of anilines is 3. The van der Waals surface area contributed by atoms with Crippen LogP contribution < -0.4 is 10.2 Å². The van der Waals surface area contributed by atoms with Gasteiger partial charge in [-0.25, -0.2) is 0 Å². The van der Waals surface area contributed by atoms with Crippen LogP contribution in [0.5, 0.6) is 0 Å². The van der Waals surface area contributed by atoms with Gasteiger partial charge >= 0.3 is 0 Å². The second-order valence-electron chi connectivity index (χ2n) is 7.06. The minimum atomic E-state index is -0.0613. The highest BCUT2D eigenvalue weighted by molar-refractivity contribution is 6.14. The van der Waals surface area contributed by atoms with Crippen molar-refractivity contribution in [3.05, 3.63) is 90.5 Å². The van der Waals surface area contributed by atoms with Gasteiger partial charge in [-0.1, -0.05) is 36.4 Å². The smallest absolute Gasteiger partial charge is 0.260 e. The third-order valence-corrected chi connectivity index (χ3v) is 5.08. The second kappa shape index (κ2) is 6.91. The third-order valence-electron chi connectivity index (χ3n) is 5.08. The molecule has 1 aliphatic rings. The lowest BCUT2D eigenvalue weighted by Crippen LogP contribution is -2.29. The normalized spacial score (nSPS) is 12.7. The van der Waals surface area contributed by atoms with Crippen molar-refractivity contribution >= 4 is 23.0 Å². The standard InChI is InChI=1S/C23H19N5O/c1-27-15-18(12-25-27)17-7-8-20-19(11-17)23(29)28(14-16-5-3-2-4-6-16)22-13-24-10-9-21(22)26-20/h2-13,15,26H,14H2,1H3. The van der Waals surface area contributed by atoms with Crippen LogP contribution in [0.25, 0.3) is 11.1 Å². The van der Waals surface area contributed by atoms with Crippen molar-refractivity contribution in [3.8, 4) is 11.1 Å². The molecule has 3 heterocycles. The van der Waals surface area contributed by atoms with Crippen molar-refractivity contribution in [1.29, 1.82) is 0 Å². The molecule has 142 valence electrons. The molecule has 2 aromatic carbocycles. The molecular formula is C23H19N5O. The predicted octanol–water partition coefficient (Wildman–Crippen LogP) is 4.39. The minimum Gasteiger partial charge on any atom is -0.353 e. The van der Waals surface area contributed by atoms with Gasteiger partial charge in [-0.2, -0.15) is 5.10 Å². The van der Waals surface area contributed by atoms with E-state index >= 15 is 0 Å². The first-order valence-corrected chi connectivity index (χ1v) is 9.39. The van der Waals surface area contributed by atoms with E-state index in [-0.39, 0.29) is 5.91 Å². The van der Waals surface area contributed by atoms with Crippen molar-refractivity contribution in [2.45, 2.75) is 6.54 Å². The molecule has 1 amide bonds. The van der Waals surface area contributed by atoms with Crippen LogP contribution in [0.1, 0.15) is 15.9 Å². The summed E-state index contributed by atoms with van der Waals surface area (Å²) in [6, 6.07) is 17.8. The van der Waals surface area contributed by atoms with E-state index in [0.717, 1.165) is 33.8 Å². The lowest BCUT2D eigenvalue weighted by atomic mass is 10.0. The minimum absolute atomic E-state index is 0.0613. The molecule has 0 radical (unpaired) electrons. The highest BCUT2D eigenvalue weighted by atomic mass is 16.2. The zero-order valence-electron chi connectivity index (χ0n) is 15.9. The Morgan fingerprint density at radius 1 is 0.966 bits per heavy atom. The zero-order valence-corrected chi connectivity index (χ0v) is 15.9. The van der Waals surface area contributed by atoms with E-state index < -0.39 is 0 Å². The zero-order chi connectivity index (χ0) is 19.8. The number of carbonyl (C=O) groups is 1. The van der Waals surface area contributed by atoms with E-state index in [4.69, 9.17) is 0 Å². The Hall–Kier alpha value is -3.93. The number of aryl methyl sites for hydroxylation is 1. The maximum atomic E-state index is 13.6. The molecule has 1 N–H and O–H groups in total. The molecule has 0 unspecified atom stereocenters. The number of carbonyl (C=O) groups excluding carboxylic acids is 1. The molecule has 0 aliphatic carbocycles. The molecule has 0 saturated heterocycles. The molecule has 5 rings (SSSR count). The van der Waals surface area contributed by atoms with Crippen molar-refractivity contribution in [2.75, 3.05) is 10.2 Å². The Morgan fingerprint density at radius 3 is 2.62 bits per heavy atom. The van der Waals surface area contributed by atoms with Crippen molar-refractivity contribution in [2.24, 2.45) is 7.05 Å². The molecule has 0 saturated carbocycles. The molecule has 0 spiro atoms. The summed E-state index contributed by atoms with van der Waals surface area (Å²) in [6.45, 7) is 0.469. The van der Waals surface area contributed by atoms with Gasteiger partial charge in [0.25, 0.3) is 5.91 Å². The Morgan fingerprint density at radius 2 is 1.83 bits per heavy atom. The number of amides is 1. The van der Waals surface area contributed by atoms with Crippen LogP contribution in [-0.4, -0.2) is 20.7 Å². The molecule has 6 heteroatoms. The fraction of sp³-hybridized carbons (Fsp3) is 0.0870. The summed E-state index contributed by atoms with van der Waals surface area (Å²) in [5.74, 6) is -0.0613. The Kier molecular flexibility index (Phi) is 4.09. The first kappa shape index (κ1) is 17.2. The highest BCUT2D eigenvalue weighted by Crippen LogP contribution is 2.37. The highest BCUT2D eigenvalue weighted by Gasteiger charge is 2.27. The van der Waals surface area contributed by atoms with Gasteiger partial charge in [0, 0.05) is 25.0 Å². The first-order valence-electron chi connectivity index (χ1n) is 9.39. The maximum Gasteiger partial charge on any atom is 0.260 e. The summed E-state index contributed by atoms with van der Waals surface area (Å²) in [5, 5.41) is 7.65. The number of fused-ring (bicyclic) bond motifs is 2. The van der Waals surface area contributed by atoms with Gasteiger partial charge < -0.3 is 10.2 Å². The lowest BCUT2D eigenvalue weighted by Gasteiger charge is -2.22. The van der Waals surface area contributed by atoms with Gasteiger partial charge in [0.1, 0.15) is 0 Å². The van der Waals surface area contributed by atoms with Gasteiger partial charge in [0.05, 0.1) is 41.6 Å². The van der Waals surface area contributed by atoms with E-state index in [0.29, 0.717) is 12.1 Å². The lowest BCUT2D eigenvalue weighted by molar-refractivity contribution is 0.0986. The Bertz CT molecular complexity index is 1200. The number of aromatic nitrogens is 3. The third kappa shape index (κ3) is 3.14. The van der Waals surface area contributed by atoms with Gasteiger partial charge in [-0.15, -0.1) is 0 Å². The van der Waals surface area contributed by atoms with Gasteiger partial charge in [0.2, 0.25) is 0 Å². The molecular weight excluding hydrogens is 362 g/mol. The van der Waals surface area contributed by atoms with Crippen LogP contribution >= 0.6 is 0 Å².